The standard InChI is InChI=1S/C60H88N12O26/c1-3-4-6-11-36(78)97-50-45(84)43(82)33(22-75)95-58(50)98-49-34(23-76)96-57(48(87)46(49)85)93-27-14-12-25(13-15-27)16-28-52(89)70-38(40(79)29-17-64-59(61)68-29)55(92)71-39(41(80)31-18-65-60(62)72(31)56-47(86)44(83)42(81)32(21-74)94-56)54(91)67-30(20-73)51(88)63-19-35(77)69-37(53(90)66-28)24(2)26-9-7-5-8-10-26/h5,7-10,12-15,24,28-34,37-50,56-58,73-76,79-87H,3-4,6,11,16-23H2,1-2H3,(H2,62,65)(H,63,88)(H,66,90)(H,67,91)(H,69,77)(H,70,89)(H,71,92)(H3,61,64,68)/t24?,28-,29?,30+,31?,32-,33-,34-,37+,38+,39-,40?,41?,42-,43-,44+,45+,46-,47+,48+,49-,50+,56+,57+,58-/m1/s1. The van der Waals surface area contributed by atoms with E-state index in [1.807, 2.05) is 6.92 Å². The van der Waals surface area contributed by atoms with Crippen LogP contribution in [0.3, 0.4) is 0 Å². The van der Waals surface area contributed by atoms with E-state index in [0.29, 0.717) is 18.4 Å². The SMILES string of the molecule is CCCCCC(=O)O[C@@H]1[C@@H](O[C@H]2[C@H](O)[C@H](O)[C@@H](Oc3ccc(C[C@H]4NC(=O)[C@H](C(C)c5ccccc5)NC(=O)CNC(=O)[C@H](CO)NC(=O)[C@@H](C(O)C5CN=C(N)N5[C@H]5O[C@H](CO)[C@@H](O)[C@H](O)[C@@H]5O)NC(=O)[C@H](C(O)C5CN=C(N)N5)NC4=O)cc3)O[C@@H]2CO)O[C@H](CO)[C@@H](O)[C@@H]1O. The zero-order valence-electron chi connectivity index (χ0n) is 53.2. The molecule has 6 amide bonds. The molecule has 544 valence electrons. The normalized spacial score (nSPS) is 35.6. The Morgan fingerprint density at radius 1 is 0.612 bits per heavy atom. The summed E-state index contributed by atoms with van der Waals surface area (Å²) in [6.07, 6.45) is -30.0. The Morgan fingerprint density at radius 3 is 1.86 bits per heavy atom. The van der Waals surface area contributed by atoms with Gasteiger partial charge in [0, 0.05) is 18.8 Å². The molecule has 0 aromatic heterocycles. The van der Waals surface area contributed by atoms with E-state index in [2.05, 4.69) is 47.2 Å². The predicted octanol–water partition coefficient (Wildman–Crippen LogP) is -11.5. The molecule has 4 saturated heterocycles. The highest BCUT2D eigenvalue weighted by molar-refractivity contribution is 5.98. The van der Waals surface area contributed by atoms with Gasteiger partial charge in [-0.1, -0.05) is 69.2 Å². The number of amides is 6. The monoisotopic (exact) mass is 1390 g/mol. The number of nitrogens with zero attached hydrogens (tertiary/aromatic N) is 3. The lowest BCUT2D eigenvalue weighted by Crippen LogP contribution is -2.70. The molecule has 6 heterocycles. The highest BCUT2D eigenvalue weighted by Gasteiger charge is 2.55. The lowest BCUT2D eigenvalue weighted by atomic mass is 9.92. The molecule has 6 aliphatic rings. The minimum atomic E-state index is -2.35. The summed E-state index contributed by atoms with van der Waals surface area (Å²) in [4.78, 5) is 109. The Bertz CT molecular complexity index is 3110. The third kappa shape index (κ3) is 17.9. The third-order valence-electron chi connectivity index (χ3n) is 17.7. The number of nitrogens with one attached hydrogen (secondary N) is 7. The molecule has 0 radical (unpaired) electrons. The molecule has 0 saturated carbocycles. The molecule has 0 spiro atoms. The summed E-state index contributed by atoms with van der Waals surface area (Å²) in [5.74, 6) is -9.85. The van der Waals surface area contributed by atoms with E-state index in [-0.39, 0.29) is 30.2 Å². The van der Waals surface area contributed by atoms with Gasteiger partial charge >= 0.3 is 5.97 Å². The van der Waals surface area contributed by atoms with Gasteiger partial charge in [-0.2, -0.15) is 0 Å². The lowest BCUT2D eigenvalue weighted by molar-refractivity contribution is -0.353. The maximum absolute atomic E-state index is 15.2. The van der Waals surface area contributed by atoms with Gasteiger partial charge < -0.3 is 148 Å². The van der Waals surface area contributed by atoms with Crippen LogP contribution in [-0.2, 0) is 63.7 Å². The third-order valence-corrected chi connectivity index (χ3v) is 17.7. The van der Waals surface area contributed by atoms with Crippen LogP contribution < -0.4 is 53.4 Å². The van der Waals surface area contributed by atoms with Crippen LogP contribution >= 0.6 is 0 Å². The van der Waals surface area contributed by atoms with E-state index in [0.717, 1.165) is 11.3 Å². The van der Waals surface area contributed by atoms with Crippen LogP contribution in [0.25, 0.3) is 0 Å². The number of aliphatic imine (C=N–C) groups is 2. The number of carbonyl (C=O) groups excluding carboxylic acids is 7. The zero-order chi connectivity index (χ0) is 71.4. The second kappa shape index (κ2) is 34.4. The van der Waals surface area contributed by atoms with Crippen molar-refractivity contribution in [1.29, 1.82) is 0 Å². The lowest BCUT2D eigenvalue weighted by Gasteiger charge is -2.46. The van der Waals surface area contributed by atoms with Crippen molar-refractivity contribution >= 4 is 53.3 Å². The van der Waals surface area contributed by atoms with E-state index in [1.54, 1.807) is 37.3 Å². The second-order valence-electron chi connectivity index (χ2n) is 24.5. The molecule has 38 heteroatoms. The molecule has 4 fully saturated rings. The van der Waals surface area contributed by atoms with Crippen LogP contribution in [0.2, 0.25) is 0 Å². The molecule has 38 nitrogen and oxygen atoms in total. The molecule has 0 bridgehead atoms. The van der Waals surface area contributed by atoms with E-state index in [1.165, 1.54) is 24.3 Å². The number of benzene rings is 2. The van der Waals surface area contributed by atoms with Crippen LogP contribution in [-0.4, -0.2) is 317 Å². The molecule has 25 atom stereocenters. The smallest absolute Gasteiger partial charge is 0.306 e. The minimum absolute atomic E-state index is 0.0782. The van der Waals surface area contributed by atoms with Gasteiger partial charge in [0.25, 0.3) is 0 Å². The summed E-state index contributed by atoms with van der Waals surface area (Å²) in [5, 5.41) is 159. The highest BCUT2D eigenvalue weighted by Crippen LogP contribution is 2.33. The summed E-state index contributed by atoms with van der Waals surface area (Å²) in [6, 6.07) is 0.755. The van der Waals surface area contributed by atoms with Gasteiger partial charge in [0.15, 0.2) is 30.5 Å². The molecular weight excluding hydrogens is 1300 g/mol. The predicted molar refractivity (Wildman–Crippen MR) is 331 cm³/mol. The zero-order valence-corrected chi connectivity index (χ0v) is 53.2. The van der Waals surface area contributed by atoms with Crippen LogP contribution in [0.5, 0.6) is 5.75 Å². The quantitative estimate of drug-likeness (QED) is 0.0384. The molecular formula is C60H88N12O26. The van der Waals surface area contributed by atoms with Crippen LogP contribution in [0.4, 0.5) is 0 Å². The summed E-state index contributed by atoms with van der Waals surface area (Å²) in [6.45, 7) is -2.14. The van der Waals surface area contributed by atoms with Gasteiger partial charge in [0.1, 0.15) is 115 Å². The van der Waals surface area contributed by atoms with Crippen molar-refractivity contribution in [3.63, 3.8) is 0 Å². The molecule has 2 aromatic carbocycles. The van der Waals surface area contributed by atoms with E-state index in [4.69, 9.17) is 39.9 Å². The summed E-state index contributed by atoms with van der Waals surface area (Å²) in [7, 11) is 0. The first-order valence-electron chi connectivity index (χ1n) is 31.8. The number of nitrogens with two attached hydrogens (primary N) is 2. The second-order valence-corrected chi connectivity index (χ2v) is 24.5. The summed E-state index contributed by atoms with van der Waals surface area (Å²) in [5.41, 5.74) is 12.8. The van der Waals surface area contributed by atoms with E-state index in [9.17, 15) is 90.4 Å². The number of ether oxygens (including phenoxy) is 6. The number of esters is 1. The Balaban J connectivity index is 1.09. The Labute approximate surface area is 559 Å². The van der Waals surface area contributed by atoms with Gasteiger partial charge in [-0.3, -0.25) is 43.5 Å². The number of guanidine groups is 2. The molecule has 2 aromatic rings. The molecule has 5 unspecified atom stereocenters. The average molecular weight is 1390 g/mol. The molecule has 98 heavy (non-hydrogen) atoms. The fourth-order valence-electron chi connectivity index (χ4n) is 12.0. The fraction of sp³-hybridized carbons (Fsp3) is 0.650. The largest absolute Gasteiger partial charge is 0.462 e. The Kier molecular flexibility index (Phi) is 26.8. The maximum atomic E-state index is 15.2. The number of hydrogen-bond donors (Lipinski definition) is 22. The molecule has 24 N–H and O–H groups in total. The van der Waals surface area contributed by atoms with Crippen molar-refractivity contribution in [2.24, 2.45) is 21.5 Å². The van der Waals surface area contributed by atoms with Crippen molar-refractivity contribution in [1.82, 2.24) is 42.1 Å². The minimum Gasteiger partial charge on any atom is -0.462 e. The van der Waals surface area contributed by atoms with Gasteiger partial charge in [-0.05, 0) is 29.7 Å². The highest BCUT2D eigenvalue weighted by atomic mass is 16.7. The number of carbonyl (C=O) groups is 7. The first-order chi connectivity index (χ1) is 46.7. The van der Waals surface area contributed by atoms with Crippen LogP contribution in [0, 0.1) is 0 Å². The van der Waals surface area contributed by atoms with Gasteiger partial charge in [-0.15, -0.1) is 0 Å². The van der Waals surface area contributed by atoms with Gasteiger partial charge in [0.05, 0.1) is 58.1 Å². The number of unbranched alkanes of at least 4 members (excludes halogenated alkanes) is 2. The molecule has 8 rings (SSSR count). The van der Waals surface area contributed by atoms with Crippen molar-refractivity contribution in [3.05, 3.63) is 65.7 Å². The summed E-state index contributed by atoms with van der Waals surface area (Å²) >= 11 is 0. The molecule has 6 aliphatic heterocycles. The number of hydrogen-bond acceptors (Lipinski definition) is 32. The van der Waals surface area contributed by atoms with Gasteiger partial charge in [-0.25, -0.2) is 0 Å². The van der Waals surface area contributed by atoms with Crippen molar-refractivity contribution in [3.8, 4) is 5.75 Å². The first kappa shape index (κ1) is 76.1. The number of aliphatic hydroxyl groups excluding tert-OH is 13. The maximum Gasteiger partial charge on any atom is 0.306 e. The van der Waals surface area contributed by atoms with Gasteiger partial charge in [0.2, 0.25) is 41.7 Å². The molecule has 0 aliphatic carbocycles. The summed E-state index contributed by atoms with van der Waals surface area (Å²) < 4.78 is 34.5. The van der Waals surface area contributed by atoms with E-state index >= 15 is 9.59 Å². The number of aliphatic hydroxyl groups is 13. The first-order valence-corrected chi connectivity index (χ1v) is 31.8. The average Bonchev–Trinajstić information content (AvgIpc) is 1.44. The van der Waals surface area contributed by atoms with Crippen molar-refractivity contribution in [2.75, 3.05) is 46.1 Å². The van der Waals surface area contributed by atoms with E-state index < -0.39 is 246 Å². The topological polar surface area (TPSA) is 602 Å². The van der Waals surface area contributed by atoms with Crippen molar-refractivity contribution in [2.45, 2.75) is 198 Å². The Hall–Kier alpha value is -7.61. The van der Waals surface area contributed by atoms with Crippen LogP contribution in [0.1, 0.15) is 56.6 Å². The van der Waals surface area contributed by atoms with Crippen molar-refractivity contribution < 1.29 is 128 Å². The fourth-order valence-corrected chi connectivity index (χ4v) is 12.0. The van der Waals surface area contributed by atoms with Crippen LogP contribution in [0.15, 0.2) is 64.6 Å². The Morgan fingerprint density at radius 2 is 1.21 bits per heavy atom. The number of rotatable bonds is 22.